The number of carbonyl (C=O) groups is 2. The summed E-state index contributed by atoms with van der Waals surface area (Å²) in [5, 5.41) is 14.6. The molecule has 1 rings (SSSR count). The van der Waals surface area contributed by atoms with Gasteiger partial charge in [-0.1, -0.05) is 30.7 Å². The van der Waals surface area contributed by atoms with Gasteiger partial charge in [-0.15, -0.1) is 0 Å². The first-order chi connectivity index (χ1) is 9.02. The minimum Gasteiger partial charge on any atom is -0.481 e. The molecule has 0 fully saturated rings. The van der Waals surface area contributed by atoms with E-state index in [4.69, 9.17) is 16.7 Å². The maximum Gasteiger partial charge on any atom is 0.315 e. The Balaban J connectivity index is 2.34. The Bertz CT molecular complexity index is 451. The summed E-state index contributed by atoms with van der Waals surface area (Å²) in [6.07, 6.45) is 0.476. The van der Waals surface area contributed by atoms with Gasteiger partial charge in [0, 0.05) is 18.1 Å². The largest absolute Gasteiger partial charge is 0.481 e. The molecule has 1 aromatic carbocycles. The standard InChI is InChI=1S/C13H17ClN2O3/c1-2-10(12(17)18)8-16-13(19)15-7-9-4-3-5-11(14)6-9/h3-6,10H,2,7-8H2,1H3,(H,17,18)(H2,15,16,19). The summed E-state index contributed by atoms with van der Waals surface area (Å²) in [6.45, 7) is 2.23. The molecule has 2 amide bonds. The molecular weight excluding hydrogens is 268 g/mol. The monoisotopic (exact) mass is 284 g/mol. The number of rotatable bonds is 6. The van der Waals surface area contributed by atoms with E-state index in [1.807, 2.05) is 6.07 Å². The zero-order valence-electron chi connectivity index (χ0n) is 10.6. The molecule has 0 bridgehead atoms. The van der Waals surface area contributed by atoms with Gasteiger partial charge >= 0.3 is 12.0 Å². The van der Waals surface area contributed by atoms with Crippen LogP contribution in [0.15, 0.2) is 24.3 Å². The van der Waals surface area contributed by atoms with Gasteiger partial charge in [0.05, 0.1) is 5.92 Å². The van der Waals surface area contributed by atoms with Crippen LogP contribution in [-0.4, -0.2) is 23.7 Å². The minimum absolute atomic E-state index is 0.118. The van der Waals surface area contributed by atoms with Crippen molar-refractivity contribution in [1.29, 1.82) is 0 Å². The molecule has 0 aliphatic carbocycles. The summed E-state index contributed by atoms with van der Waals surface area (Å²) in [7, 11) is 0. The van der Waals surface area contributed by atoms with Crippen LogP contribution in [0, 0.1) is 5.92 Å². The van der Waals surface area contributed by atoms with Gasteiger partial charge in [-0.3, -0.25) is 4.79 Å². The van der Waals surface area contributed by atoms with Gasteiger partial charge in [0.15, 0.2) is 0 Å². The number of carboxylic acid groups (broad SMARTS) is 1. The molecule has 3 N–H and O–H groups in total. The van der Waals surface area contributed by atoms with E-state index >= 15 is 0 Å². The number of carbonyl (C=O) groups excluding carboxylic acids is 1. The number of carboxylic acids is 1. The molecule has 0 radical (unpaired) electrons. The molecule has 104 valence electrons. The summed E-state index contributed by atoms with van der Waals surface area (Å²) in [4.78, 5) is 22.3. The van der Waals surface area contributed by atoms with E-state index in [0.29, 0.717) is 18.0 Å². The van der Waals surface area contributed by atoms with Gasteiger partial charge in [0.2, 0.25) is 0 Å². The highest BCUT2D eigenvalue weighted by atomic mass is 35.5. The van der Waals surface area contributed by atoms with E-state index in [1.165, 1.54) is 0 Å². The lowest BCUT2D eigenvalue weighted by Crippen LogP contribution is -2.39. The predicted molar refractivity (Wildman–Crippen MR) is 73.1 cm³/mol. The topological polar surface area (TPSA) is 78.4 Å². The number of nitrogens with one attached hydrogen (secondary N) is 2. The average Bonchev–Trinajstić information content (AvgIpc) is 2.37. The van der Waals surface area contributed by atoms with Gasteiger partial charge in [-0.05, 0) is 24.1 Å². The van der Waals surface area contributed by atoms with E-state index < -0.39 is 11.9 Å². The quantitative estimate of drug-likeness (QED) is 0.750. The Morgan fingerprint density at radius 3 is 2.68 bits per heavy atom. The van der Waals surface area contributed by atoms with Crippen molar-refractivity contribution in [3.05, 3.63) is 34.9 Å². The zero-order chi connectivity index (χ0) is 14.3. The summed E-state index contributed by atoms with van der Waals surface area (Å²) in [5.74, 6) is -1.46. The van der Waals surface area contributed by atoms with Crippen LogP contribution in [0.5, 0.6) is 0 Å². The average molecular weight is 285 g/mol. The van der Waals surface area contributed by atoms with Crippen LogP contribution >= 0.6 is 11.6 Å². The maximum atomic E-state index is 11.5. The third kappa shape index (κ3) is 5.61. The van der Waals surface area contributed by atoms with Gasteiger partial charge in [-0.25, -0.2) is 4.79 Å². The van der Waals surface area contributed by atoms with Gasteiger partial charge in [0.1, 0.15) is 0 Å². The van der Waals surface area contributed by atoms with Crippen molar-refractivity contribution >= 4 is 23.6 Å². The first-order valence-electron chi connectivity index (χ1n) is 6.02. The second-order valence-corrected chi connectivity index (χ2v) is 4.57. The van der Waals surface area contributed by atoms with E-state index in [0.717, 1.165) is 5.56 Å². The predicted octanol–water partition coefficient (Wildman–Crippen LogP) is 2.25. The molecule has 0 aliphatic rings. The Morgan fingerprint density at radius 2 is 2.11 bits per heavy atom. The number of hydrogen-bond donors (Lipinski definition) is 3. The van der Waals surface area contributed by atoms with Crippen LogP contribution < -0.4 is 10.6 Å². The highest BCUT2D eigenvalue weighted by Crippen LogP contribution is 2.10. The van der Waals surface area contributed by atoms with Crippen LogP contribution in [0.3, 0.4) is 0 Å². The number of amides is 2. The molecule has 19 heavy (non-hydrogen) atoms. The number of halogens is 1. The van der Waals surface area contributed by atoms with E-state index in [9.17, 15) is 9.59 Å². The lowest BCUT2D eigenvalue weighted by atomic mass is 10.1. The van der Waals surface area contributed by atoms with Crippen molar-refractivity contribution in [3.63, 3.8) is 0 Å². The molecule has 1 aromatic rings. The molecule has 0 saturated heterocycles. The first-order valence-corrected chi connectivity index (χ1v) is 6.39. The first kappa shape index (κ1) is 15.3. The third-order valence-corrected chi connectivity index (χ3v) is 2.93. The number of hydrogen-bond acceptors (Lipinski definition) is 2. The Kier molecular flexibility index (Phi) is 6.15. The molecule has 0 aromatic heterocycles. The van der Waals surface area contributed by atoms with Crippen molar-refractivity contribution < 1.29 is 14.7 Å². The van der Waals surface area contributed by atoms with Gasteiger partial charge < -0.3 is 15.7 Å². The van der Waals surface area contributed by atoms with Crippen LogP contribution in [-0.2, 0) is 11.3 Å². The van der Waals surface area contributed by atoms with Crippen LogP contribution in [0.4, 0.5) is 4.79 Å². The van der Waals surface area contributed by atoms with Crippen molar-refractivity contribution in [1.82, 2.24) is 10.6 Å². The minimum atomic E-state index is -0.905. The fourth-order valence-corrected chi connectivity index (χ4v) is 1.73. The van der Waals surface area contributed by atoms with E-state index in [2.05, 4.69) is 10.6 Å². The van der Waals surface area contributed by atoms with Gasteiger partial charge in [0.25, 0.3) is 0 Å². The zero-order valence-corrected chi connectivity index (χ0v) is 11.4. The lowest BCUT2D eigenvalue weighted by Gasteiger charge is -2.12. The fourth-order valence-electron chi connectivity index (χ4n) is 1.51. The summed E-state index contributed by atoms with van der Waals surface area (Å²) >= 11 is 5.82. The van der Waals surface area contributed by atoms with Crippen LogP contribution in [0.25, 0.3) is 0 Å². The van der Waals surface area contributed by atoms with Crippen molar-refractivity contribution in [2.45, 2.75) is 19.9 Å². The SMILES string of the molecule is CCC(CNC(=O)NCc1cccc(Cl)c1)C(=O)O. The Labute approximate surface area is 117 Å². The Morgan fingerprint density at radius 1 is 1.37 bits per heavy atom. The molecular formula is C13H17ClN2O3. The van der Waals surface area contributed by atoms with E-state index in [-0.39, 0.29) is 12.6 Å². The van der Waals surface area contributed by atoms with Crippen molar-refractivity contribution in [3.8, 4) is 0 Å². The summed E-state index contributed by atoms with van der Waals surface area (Å²) in [5.41, 5.74) is 0.882. The van der Waals surface area contributed by atoms with Crippen LogP contribution in [0.2, 0.25) is 5.02 Å². The Hall–Kier alpha value is -1.75. The summed E-state index contributed by atoms with van der Waals surface area (Å²) < 4.78 is 0. The van der Waals surface area contributed by atoms with Crippen LogP contribution in [0.1, 0.15) is 18.9 Å². The molecule has 6 heteroatoms. The van der Waals surface area contributed by atoms with Gasteiger partial charge in [-0.2, -0.15) is 0 Å². The molecule has 0 aliphatic heterocycles. The highest BCUT2D eigenvalue weighted by molar-refractivity contribution is 6.30. The van der Waals surface area contributed by atoms with E-state index in [1.54, 1.807) is 25.1 Å². The molecule has 0 heterocycles. The molecule has 1 atom stereocenters. The lowest BCUT2D eigenvalue weighted by molar-refractivity contribution is -0.141. The van der Waals surface area contributed by atoms with Crippen molar-refractivity contribution in [2.24, 2.45) is 5.92 Å². The number of urea groups is 1. The molecule has 5 nitrogen and oxygen atoms in total. The molecule has 0 saturated carbocycles. The second kappa shape index (κ2) is 7.63. The summed E-state index contributed by atoms with van der Waals surface area (Å²) in [6, 6.07) is 6.77. The second-order valence-electron chi connectivity index (χ2n) is 4.14. The highest BCUT2D eigenvalue weighted by Gasteiger charge is 2.15. The van der Waals surface area contributed by atoms with Crippen molar-refractivity contribution in [2.75, 3.05) is 6.54 Å². The molecule has 1 unspecified atom stereocenters. The number of aliphatic carboxylic acids is 1. The third-order valence-electron chi connectivity index (χ3n) is 2.69. The molecule has 0 spiro atoms. The normalized spacial score (nSPS) is 11.7. The smallest absolute Gasteiger partial charge is 0.315 e. The maximum absolute atomic E-state index is 11.5. The fraction of sp³-hybridized carbons (Fsp3) is 0.385. The number of benzene rings is 1.